The number of furan rings is 1. The first-order chi connectivity index (χ1) is 9.97. The summed E-state index contributed by atoms with van der Waals surface area (Å²) in [5.41, 5.74) is 1.10. The van der Waals surface area contributed by atoms with E-state index in [0.29, 0.717) is 23.3 Å². The molecule has 0 saturated heterocycles. The van der Waals surface area contributed by atoms with Gasteiger partial charge in [-0.2, -0.15) is 0 Å². The lowest BCUT2D eigenvalue weighted by Crippen LogP contribution is -2.33. The van der Waals surface area contributed by atoms with Gasteiger partial charge in [-0.25, -0.2) is 0 Å². The zero-order valence-corrected chi connectivity index (χ0v) is 12.0. The van der Waals surface area contributed by atoms with Crippen molar-refractivity contribution in [1.29, 1.82) is 0 Å². The predicted molar refractivity (Wildman–Crippen MR) is 78.1 cm³/mol. The van der Waals surface area contributed by atoms with Gasteiger partial charge in [0.05, 0.1) is 6.26 Å². The van der Waals surface area contributed by atoms with Crippen molar-refractivity contribution in [1.82, 2.24) is 5.32 Å². The highest BCUT2D eigenvalue weighted by Gasteiger charge is 2.17. The van der Waals surface area contributed by atoms with Crippen LogP contribution in [0.1, 0.15) is 41.1 Å². The van der Waals surface area contributed by atoms with Crippen LogP contribution in [0.2, 0.25) is 0 Å². The molecule has 2 unspecified atom stereocenters. The smallest absolute Gasteiger partial charge is 0.251 e. The van der Waals surface area contributed by atoms with Crippen LogP contribution in [0.25, 0.3) is 0 Å². The van der Waals surface area contributed by atoms with Crippen molar-refractivity contribution in [3.63, 3.8) is 0 Å². The Balaban J connectivity index is 1.94. The molecule has 2 atom stereocenters. The normalized spacial score (nSPS) is 13.7. The number of phenolic OH excluding ortho intramolecular Hbond substituents is 1. The second-order valence-corrected chi connectivity index (χ2v) is 5.14. The van der Waals surface area contributed by atoms with E-state index in [2.05, 4.69) is 5.32 Å². The number of carbonyl (C=O) groups excluding carboxylic acids is 1. The molecule has 5 heteroatoms. The van der Waals surface area contributed by atoms with E-state index < -0.39 is 6.10 Å². The van der Waals surface area contributed by atoms with Gasteiger partial charge in [0.15, 0.2) is 0 Å². The molecule has 1 aromatic heterocycles. The van der Waals surface area contributed by atoms with Crippen LogP contribution in [0.4, 0.5) is 0 Å². The van der Waals surface area contributed by atoms with Gasteiger partial charge in [0.2, 0.25) is 0 Å². The Morgan fingerprint density at radius 3 is 2.76 bits per heavy atom. The zero-order chi connectivity index (χ0) is 15.4. The number of rotatable bonds is 5. The summed E-state index contributed by atoms with van der Waals surface area (Å²) in [7, 11) is 0. The Morgan fingerprint density at radius 1 is 1.38 bits per heavy atom. The fourth-order valence-corrected chi connectivity index (χ4v) is 2.05. The van der Waals surface area contributed by atoms with Crippen LogP contribution in [-0.4, -0.2) is 22.2 Å². The van der Waals surface area contributed by atoms with E-state index >= 15 is 0 Å². The lowest BCUT2D eigenvalue weighted by atomic mass is 10.1. The molecule has 1 heterocycles. The third kappa shape index (κ3) is 3.86. The molecule has 1 aromatic carbocycles. The predicted octanol–water partition coefficient (Wildman–Crippen LogP) is 2.54. The monoisotopic (exact) mass is 289 g/mol. The van der Waals surface area contributed by atoms with Crippen molar-refractivity contribution in [3.8, 4) is 5.75 Å². The number of hydrogen-bond donors (Lipinski definition) is 3. The molecule has 2 aromatic rings. The molecule has 0 fully saturated rings. The Bertz CT molecular complexity index is 607. The first-order valence-corrected chi connectivity index (χ1v) is 6.79. The molecule has 2 rings (SSSR count). The van der Waals surface area contributed by atoms with Crippen LogP contribution in [0, 0.1) is 6.92 Å². The molecular weight excluding hydrogens is 270 g/mol. The van der Waals surface area contributed by atoms with Crippen LogP contribution in [0.3, 0.4) is 0 Å². The Hall–Kier alpha value is -2.27. The first-order valence-electron chi connectivity index (χ1n) is 6.79. The molecule has 0 radical (unpaired) electrons. The van der Waals surface area contributed by atoms with Gasteiger partial charge < -0.3 is 19.9 Å². The molecule has 0 aliphatic rings. The van der Waals surface area contributed by atoms with Crippen LogP contribution in [0.15, 0.2) is 41.0 Å². The second kappa shape index (κ2) is 6.45. The highest BCUT2D eigenvalue weighted by atomic mass is 16.4. The van der Waals surface area contributed by atoms with E-state index in [9.17, 15) is 15.0 Å². The SMILES string of the molecule is Cc1ccc(C(=O)NC(C)CC(O)c2ccco2)cc1O. The minimum Gasteiger partial charge on any atom is -0.508 e. The van der Waals surface area contributed by atoms with Gasteiger partial charge in [-0.15, -0.1) is 0 Å². The van der Waals surface area contributed by atoms with Gasteiger partial charge in [0.25, 0.3) is 5.91 Å². The van der Waals surface area contributed by atoms with Crippen molar-refractivity contribution >= 4 is 5.91 Å². The lowest BCUT2D eigenvalue weighted by molar-refractivity contribution is 0.0902. The number of phenols is 1. The fraction of sp³-hybridized carbons (Fsp3) is 0.312. The second-order valence-electron chi connectivity index (χ2n) is 5.14. The summed E-state index contributed by atoms with van der Waals surface area (Å²) in [5.74, 6) is 0.277. The van der Waals surface area contributed by atoms with E-state index in [4.69, 9.17) is 4.42 Å². The molecule has 112 valence electrons. The van der Waals surface area contributed by atoms with Gasteiger partial charge >= 0.3 is 0 Å². The summed E-state index contributed by atoms with van der Waals surface area (Å²) >= 11 is 0. The molecule has 0 bridgehead atoms. The summed E-state index contributed by atoms with van der Waals surface area (Å²) in [6.45, 7) is 3.57. The maximum Gasteiger partial charge on any atom is 0.251 e. The van der Waals surface area contributed by atoms with Gasteiger partial charge in [0.1, 0.15) is 17.6 Å². The topological polar surface area (TPSA) is 82.7 Å². The van der Waals surface area contributed by atoms with Gasteiger partial charge in [-0.05, 0) is 43.7 Å². The maximum absolute atomic E-state index is 12.1. The largest absolute Gasteiger partial charge is 0.508 e. The molecule has 1 amide bonds. The molecule has 21 heavy (non-hydrogen) atoms. The molecule has 0 saturated carbocycles. The number of aliphatic hydroxyl groups excluding tert-OH is 1. The number of aromatic hydroxyl groups is 1. The van der Waals surface area contributed by atoms with Crippen LogP contribution in [0.5, 0.6) is 5.75 Å². The standard InChI is InChI=1S/C16H19NO4/c1-10-5-6-12(9-13(10)18)16(20)17-11(2)8-14(19)15-4-3-7-21-15/h3-7,9,11,14,18-19H,8H2,1-2H3,(H,17,20). The molecule has 3 N–H and O–H groups in total. The summed E-state index contributed by atoms with van der Waals surface area (Å²) in [5, 5.41) is 22.4. The summed E-state index contributed by atoms with van der Waals surface area (Å²) in [6, 6.07) is 7.93. The quantitative estimate of drug-likeness (QED) is 0.790. The van der Waals surface area contributed by atoms with E-state index in [1.165, 1.54) is 12.3 Å². The number of aryl methyl sites for hydroxylation is 1. The minimum atomic E-state index is -0.762. The molecular formula is C16H19NO4. The Kier molecular flexibility index (Phi) is 4.65. The summed E-state index contributed by atoms with van der Waals surface area (Å²) in [4.78, 5) is 12.1. The minimum absolute atomic E-state index is 0.0888. The molecule has 5 nitrogen and oxygen atoms in total. The van der Waals surface area contributed by atoms with Crippen LogP contribution < -0.4 is 5.32 Å². The number of aliphatic hydroxyl groups is 1. The average molecular weight is 289 g/mol. The van der Waals surface area contributed by atoms with Gasteiger partial charge in [-0.3, -0.25) is 4.79 Å². The van der Waals surface area contributed by atoms with E-state index in [-0.39, 0.29) is 17.7 Å². The van der Waals surface area contributed by atoms with Crippen molar-refractivity contribution < 1.29 is 19.4 Å². The van der Waals surface area contributed by atoms with E-state index in [0.717, 1.165) is 0 Å². The van der Waals surface area contributed by atoms with Gasteiger partial charge in [0, 0.05) is 18.0 Å². The average Bonchev–Trinajstić information content (AvgIpc) is 2.95. The van der Waals surface area contributed by atoms with E-state index in [1.54, 1.807) is 38.1 Å². The van der Waals surface area contributed by atoms with Gasteiger partial charge in [-0.1, -0.05) is 6.07 Å². The molecule has 0 aliphatic carbocycles. The van der Waals surface area contributed by atoms with Crippen LogP contribution in [-0.2, 0) is 0 Å². The number of carbonyl (C=O) groups is 1. The third-order valence-corrected chi connectivity index (χ3v) is 3.30. The summed E-state index contributed by atoms with van der Waals surface area (Å²) < 4.78 is 5.12. The lowest BCUT2D eigenvalue weighted by Gasteiger charge is -2.17. The first kappa shape index (κ1) is 15.1. The zero-order valence-electron chi connectivity index (χ0n) is 12.0. The third-order valence-electron chi connectivity index (χ3n) is 3.30. The fourth-order valence-electron chi connectivity index (χ4n) is 2.05. The number of benzene rings is 1. The highest BCUT2D eigenvalue weighted by Crippen LogP contribution is 2.20. The Morgan fingerprint density at radius 2 is 2.14 bits per heavy atom. The molecule has 0 aliphatic heterocycles. The van der Waals surface area contributed by atoms with Crippen molar-refractivity contribution in [2.45, 2.75) is 32.4 Å². The number of nitrogens with one attached hydrogen (secondary N) is 1. The van der Waals surface area contributed by atoms with Crippen molar-refractivity contribution in [3.05, 3.63) is 53.5 Å². The van der Waals surface area contributed by atoms with Crippen molar-refractivity contribution in [2.75, 3.05) is 0 Å². The molecule has 0 spiro atoms. The number of amides is 1. The maximum atomic E-state index is 12.1. The van der Waals surface area contributed by atoms with Crippen molar-refractivity contribution in [2.24, 2.45) is 0 Å². The summed E-state index contributed by atoms with van der Waals surface area (Å²) in [6.07, 6.45) is 1.08. The Labute approximate surface area is 123 Å². The number of hydrogen-bond acceptors (Lipinski definition) is 4. The highest BCUT2D eigenvalue weighted by molar-refractivity contribution is 5.94. The van der Waals surface area contributed by atoms with E-state index in [1.807, 2.05) is 0 Å². The van der Waals surface area contributed by atoms with Crippen LogP contribution >= 0.6 is 0 Å².